The monoisotopic (exact) mass is 232 g/mol. The summed E-state index contributed by atoms with van der Waals surface area (Å²) in [6.45, 7) is -0.0843. The van der Waals surface area contributed by atoms with Crippen molar-refractivity contribution in [3.05, 3.63) is 11.7 Å². The number of hydrogen-bond acceptors (Lipinski definition) is 6. The molecule has 0 bridgehead atoms. The molecule has 15 heavy (non-hydrogen) atoms. The predicted molar refractivity (Wildman–Crippen MR) is 50.8 cm³/mol. The van der Waals surface area contributed by atoms with Crippen LogP contribution in [-0.2, 0) is 16.3 Å². The number of aromatic nitrogens is 2. The van der Waals surface area contributed by atoms with Crippen molar-refractivity contribution < 1.29 is 18.0 Å². The molecule has 1 aliphatic rings. The molecule has 0 amide bonds. The molecule has 1 fully saturated rings. The van der Waals surface area contributed by atoms with E-state index in [2.05, 4.69) is 10.1 Å². The molecule has 84 valence electrons. The highest BCUT2D eigenvalue weighted by Gasteiger charge is 2.36. The Hall–Kier alpha value is -0.950. The molecule has 0 spiro atoms. The van der Waals surface area contributed by atoms with Crippen LogP contribution in [0.1, 0.15) is 29.8 Å². The minimum atomic E-state index is -3.09. The van der Waals surface area contributed by atoms with Crippen LogP contribution in [0.25, 0.3) is 0 Å². The molecule has 2 heterocycles. The Bertz CT molecular complexity index is 439. The number of aliphatic hydroxyl groups excluding tert-OH is 1. The van der Waals surface area contributed by atoms with Crippen LogP contribution >= 0.6 is 0 Å². The lowest BCUT2D eigenvalue weighted by molar-refractivity contribution is 0.273. The van der Waals surface area contributed by atoms with E-state index in [0.29, 0.717) is 12.8 Å². The first-order valence-corrected chi connectivity index (χ1v) is 6.50. The fraction of sp³-hybridized carbons (Fsp3) is 0.750. The van der Waals surface area contributed by atoms with E-state index in [1.807, 2.05) is 0 Å². The van der Waals surface area contributed by atoms with E-state index >= 15 is 0 Å². The average molecular weight is 232 g/mol. The van der Waals surface area contributed by atoms with Crippen molar-refractivity contribution >= 4 is 9.84 Å². The van der Waals surface area contributed by atoms with E-state index in [4.69, 9.17) is 9.63 Å². The summed E-state index contributed by atoms with van der Waals surface area (Å²) in [7, 11) is -3.09. The number of hydrogen-bond donors (Lipinski definition) is 1. The largest absolute Gasteiger partial charge is 0.396 e. The van der Waals surface area contributed by atoms with Gasteiger partial charge in [-0.15, -0.1) is 0 Å². The molecule has 6 nitrogen and oxygen atoms in total. The highest BCUT2D eigenvalue weighted by molar-refractivity contribution is 7.91. The van der Waals surface area contributed by atoms with Crippen molar-refractivity contribution in [1.29, 1.82) is 0 Å². The molecular weight excluding hydrogens is 220 g/mol. The first kappa shape index (κ1) is 10.6. The average Bonchev–Trinajstić information content (AvgIpc) is 2.72. The van der Waals surface area contributed by atoms with Gasteiger partial charge in [0, 0.05) is 0 Å². The van der Waals surface area contributed by atoms with Gasteiger partial charge in [-0.25, -0.2) is 8.42 Å². The molecule has 1 aromatic heterocycles. The van der Waals surface area contributed by atoms with Crippen molar-refractivity contribution in [2.45, 2.75) is 24.5 Å². The summed E-state index contributed by atoms with van der Waals surface area (Å²) in [5.41, 5.74) is 0. The van der Waals surface area contributed by atoms with Gasteiger partial charge in [0.1, 0.15) is 5.25 Å². The van der Waals surface area contributed by atoms with Gasteiger partial charge in [0.05, 0.1) is 18.8 Å². The van der Waals surface area contributed by atoms with Gasteiger partial charge in [0.15, 0.2) is 15.7 Å². The van der Waals surface area contributed by atoms with E-state index in [9.17, 15) is 8.42 Å². The van der Waals surface area contributed by atoms with Gasteiger partial charge < -0.3 is 9.63 Å². The first-order chi connectivity index (χ1) is 7.13. The zero-order valence-electron chi connectivity index (χ0n) is 8.09. The maximum Gasteiger partial charge on any atom is 0.228 e. The quantitative estimate of drug-likeness (QED) is 0.779. The molecular formula is C8H12N2O4S. The second-order valence-corrected chi connectivity index (χ2v) is 5.82. The molecule has 1 aliphatic heterocycles. The van der Waals surface area contributed by atoms with Crippen LogP contribution in [0.4, 0.5) is 0 Å². The summed E-state index contributed by atoms with van der Waals surface area (Å²) in [6, 6.07) is 0. The molecule has 1 saturated heterocycles. The van der Waals surface area contributed by atoms with Gasteiger partial charge in [-0.1, -0.05) is 5.16 Å². The van der Waals surface area contributed by atoms with Gasteiger partial charge in [0.25, 0.3) is 0 Å². The van der Waals surface area contributed by atoms with E-state index in [-0.39, 0.29) is 30.5 Å². The topological polar surface area (TPSA) is 93.3 Å². The van der Waals surface area contributed by atoms with E-state index in [0.717, 1.165) is 0 Å². The molecule has 1 unspecified atom stereocenters. The smallest absolute Gasteiger partial charge is 0.228 e. The summed E-state index contributed by atoms with van der Waals surface area (Å²) in [5, 5.41) is 11.7. The fourth-order valence-electron chi connectivity index (χ4n) is 1.68. The van der Waals surface area contributed by atoms with Crippen molar-refractivity contribution in [3.63, 3.8) is 0 Å². The molecule has 1 aromatic rings. The van der Waals surface area contributed by atoms with Crippen LogP contribution in [0.5, 0.6) is 0 Å². The Kier molecular flexibility index (Phi) is 2.74. The standard InChI is InChI=1S/C8H12N2O4S/c11-4-3-7-9-8(10-14-7)6-2-1-5-15(6,12)13/h6,11H,1-5H2. The minimum Gasteiger partial charge on any atom is -0.396 e. The van der Waals surface area contributed by atoms with Crippen LogP contribution < -0.4 is 0 Å². The lowest BCUT2D eigenvalue weighted by atomic mass is 10.2. The Morgan fingerprint density at radius 2 is 2.33 bits per heavy atom. The summed E-state index contributed by atoms with van der Waals surface area (Å²) in [5.74, 6) is 0.715. The third-order valence-electron chi connectivity index (χ3n) is 2.43. The molecule has 0 saturated carbocycles. The second kappa shape index (κ2) is 3.90. The Balaban J connectivity index is 2.22. The number of sulfone groups is 1. The highest BCUT2D eigenvalue weighted by Crippen LogP contribution is 2.32. The van der Waals surface area contributed by atoms with Gasteiger partial charge in [-0.2, -0.15) is 4.98 Å². The fourth-order valence-corrected chi connectivity index (χ4v) is 3.47. The van der Waals surface area contributed by atoms with Crippen LogP contribution in [0.3, 0.4) is 0 Å². The predicted octanol–water partition coefficient (Wildman–Crippen LogP) is -0.146. The van der Waals surface area contributed by atoms with Gasteiger partial charge in [0.2, 0.25) is 5.89 Å². The van der Waals surface area contributed by atoms with Crippen molar-refractivity contribution in [2.75, 3.05) is 12.4 Å². The number of rotatable bonds is 3. The third kappa shape index (κ3) is 2.03. The summed E-state index contributed by atoms with van der Waals surface area (Å²) in [4.78, 5) is 3.96. The second-order valence-electron chi connectivity index (χ2n) is 3.52. The first-order valence-electron chi connectivity index (χ1n) is 4.78. The molecule has 0 aromatic carbocycles. The minimum absolute atomic E-state index is 0.0843. The zero-order chi connectivity index (χ0) is 10.9. The zero-order valence-corrected chi connectivity index (χ0v) is 8.90. The summed E-state index contributed by atoms with van der Waals surface area (Å²) < 4.78 is 27.9. The SMILES string of the molecule is O=S1(=O)CCCC1c1noc(CCO)n1. The van der Waals surface area contributed by atoms with E-state index in [1.54, 1.807) is 0 Å². The van der Waals surface area contributed by atoms with Gasteiger partial charge in [-0.05, 0) is 12.8 Å². The lowest BCUT2D eigenvalue weighted by Gasteiger charge is -2.01. The Labute approximate surface area is 87.2 Å². The number of nitrogens with zero attached hydrogens (tertiary/aromatic N) is 2. The molecule has 2 rings (SSSR count). The maximum atomic E-state index is 11.6. The third-order valence-corrected chi connectivity index (χ3v) is 4.60. The van der Waals surface area contributed by atoms with Crippen molar-refractivity contribution in [1.82, 2.24) is 10.1 Å². The van der Waals surface area contributed by atoms with E-state index < -0.39 is 15.1 Å². The lowest BCUT2D eigenvalue weighted by Crippen LogP contribution is -2.09. The Morgan fingerprint density at radius 3 is 2.93 bits per heavy atom. The van der Waals surface area contributed by atoms with Crippen molar-refractivity contribution in [2.24, 2.45) is 0 Å². The van der Waals surface area contributed by atoms with Crippen molar-refractivity contribution in [3.8, 4) is 0 Å². The highest BCUT2D eigenvalue weighted by atomic mass is 32.2. The number of aliphatic hydroxyl groups is 1. The Morgan fingerprint density at radius 1 is 1.53 bits per heavy atom. The summed E-state index contributed by atoms with van der Waals surface area (Å²) in [6.07, 6.45) is 1.47. The molecule has 1 N–H and O–H groups in total. The maximum absolute atomic E-state index is 11.6. The van der Waals surface area contributed by atoms with Crippen LogP contribution in [0.15, 0.2) is 4.52 Å². The molecule has 7 heteroatoms. The molecule has 1 atom stereocenters. The summed E-state index contributed by atoms with van der Waals surface area (Å²) >= 11 is 0. The van der Waals surface area contributed by atoms with Crippen LogP contribution in [0, 0.1) is 0 Å². The molecule has 0 radical (unpaired) electrons. The van der Waals surface area contributed by atoms with Gasteiger partial charge >= 0.3 is 0 Å². The van der Waals surface area contributed by atoms with Crippen LogP contribution in [0.2, 0.25) is 0 Å². The van der Waals surface area contributed by atoms with E-state index in [1.165, 1.54) is 0 Å². The van der Waals surface area contributed by atoms with Crippen LogP contribution in [-0.4, -0.2) is 36.0 Å². The normalized spacial score (nSPS) is 24.5. The molecule has 0 aliphatic carbocycles. The van der Waals surface area contributed by atoms with Gasteiger partial charge in [-0.3, -0.25) is 0 Å².